The van der Waals surface area contributed by atoms with Gasteiger partial charge in [-0.2, -0.15) is 0 Å². The van der Waals surface area contributed by atoms with Gasteiger partial charge in [0.25, 0.3) is 0 Å². The number of unbranched alkanes of at least 4 members (excludes halogenated alkanes) is 9. The summed E-state index contributed by atoms with van der Waals surface area (Å²) in [5, 5.41) is 0. The average molecular weight is 340 g/mol. The van der Waals surface area contributed by atoms with Crippen LogP contribution in [0.1, 0.15) is 82.3 Å². The maximum Gasteiger partial charge on any atom is 0.124 e. The Morgan fingerprint density at radius 2 is 1.39 bits per heavy atom. The lowest BCUT2D eigenvalue weighted by atomic mass is 10.0. The van der Waals surface area contributed by atoms with E-state index in [1.165, 1.54) is 69.9 Å². The summed E-state index contributed by atoms with van der Waals surface area (Å²) in [4.78, 5) is -0.123. The molecule has 4 heteroatoms. The third-order valence-electron chi connectivity index (χ3n) is 4.40. The standard InChI is InChI=1S/C19H32O3S/c1-3-4-5-6-7-8-9-10-11-12-13-18-14-15-19(16-17(18)2)23(20,21)22/h14-16H,3-13H2,1-2H3,(H,20,21,22)/p-1. The minimum Gasteiger partial charge on any atom is -0.744 e. The first-order chi connectivity index (χ1) is 10.9. The second-order valence-electron chi connectivity index (χ2n) is 6.47. The van der Waals surface area contributed by atoms with Crippen molar-refractivity contribution in [1.29, 1.82) is 0 Å². The quantitative estimate of drug-likeness (QED) is 0.380. The normalized spacial score (nSPS) is 11.8. The minimum atomic E-state index is -4.34. The zero-order valence-electron chi connectivity index (χ0n) is 14.6. The zero-order valence-corrected chi connectivity index (χ0v) is 15.5. The van der Waals surface area contributed by atoms with Crippen LogP contribution in [0.2, 0.25) is 0 Å². The summed E-state index contributed by atoms with van der Waals surface area (Å²) in [5.41, 5.74) is 2.05. The lowest BCUT2D eigenvalue weighted by molar-refractivity contribution is 0.463. The van der Waals surface area contributed by atoms with Gasteiger partial charge in [0.2, 0.25) is 0 Å². The third-order valence-corrected chi connectivity index (χ3v) is 5.23. The van der Waals surface area contributed by atoms with Crippen molar-refractivity contribution in [3.8, 4) is 0 Å². The SMILES string of the molecule is CCCCCCCCCCCCc1ccc(S(=O)(=O)[O-])cc1C. The zero-order chi connectivity index (χ0) is 17.1. The molecule has 0 saturated heterocycles. The Labute approximate surface area is 142 Å². The van der Waals surface area contributed by atoms with Gasteiger partial charge in [-0.05, 0) is 43.0 Å². The van der Waals surface area contributed by atoms with Crippen molar-refractivity contribution < 1.29 is 13.0 Å². The van der Waals surface area contributed by atoms with Gasteiger partial charge in [-0.1, -0.05) is 70.8 Å². The van der Waals surface area contributed by atoms with Crippen molar-refractivity contribution in [1.82, 2.24) is 0 Å². The van der Waals surface area contributed by atoms with E-state index in [9.17, 15) is 13.0 Å². The van der Waals surface area contributed by atoms with E-state index in [1.54, 1.807) is 6.07 Å². The Bertz CT molecular complexity index is 550. The van der Waals surface area contributed by atoms with Crippen molar-refractivity contribution in [2.24, 2.45) is 0 Å². The van der Waals surface area contributed by atoms with Gasteiger partial charge >= 0.3 is 0 Å². The predicted octanol–water partition coefficient (Wildman–Crippen LogP) is 5.36. The number of hydrogen-bond donors (Lipinski definition) is 0. The van der Waals surface area contributed by atoms with Gasteiger partial charge in [-0.15, -0.1) is 0 Å². The van der Waals surface area contributed by atoms with Crippen molar-refractivity contribution in [2.75, 3.05) is 0 Å². The monoisotopic (exact) mass is 339 g/mol. The van der Waals surface area contributed by atoms with Gasteiger partial charge < -0.3 is 4.55 Å². The van der Waals surface area contributed by atoms with E-state index in [1.807, 2.05) is 6.92 Å². The maximum atomic E-state index is 11.0. The van der Waals surface area contributed by atoms with Crippen LogP contribution in [0.15, 0.2) is 23.1 Å². The molecule has 0 aliphatic carbocycles. The molecule has 0 fully saturated rings. The van der Waals surface area contributed by atoms with Gasteiger partial charge in [0.05, 0.1) is 4.90 Å². The van der Waals surface area contributed by atoms with Crippen LogP contribution in [0.4, 0.5) is 0 Å². The first kappa shape index (κ1) is 20.2. The topological polar surface area (TPSA) is 57.2 Å². The predicted molar refractivity (Wildman–Crippen MR) is 94.7 cm³/mol. The fraction of sp³-hybridized carbons (Fsp3) is 0.684. The van der Waals surface area contributed by atoms with Gasteiger partial charge in [0.1, 0.15) is 10.1 Å². The van der Waals surface area contributed by atoms with E-state index in [4.69, 9.17) is 0 Å². The number of rotatable bonds is 12. The Balaban J connectivity index is 2.17. The van der Waals surface area contributed by atoms with Crippen molar-refractivity contribution in [2.45, 2.75) is 89.4 Å². The molecule has 132 valence electrons. The van der Waals surface area contributed by atoms with Crippen LogP contribution in [0.25, 0.3) is 0 Å². The molecule has 1 rings (SSSR count). The van der Waals surface area contributed by atoms with E-state index >= 15 is 0 Å². The molecule has 0 saturated carbocycles. The first-order valence-electron chi connectivity index (χ1n) is 9.00. The van der Waals surface area contributed by atoms with E-state index in [-0.39, 0.29) is 4.90 Å². The second-order valence-corrected chi connectivity index (χ2v) is 7.85. The number of hydrogen-bond acceptors (Lipinski definition) is 3. The third kappa shape index (κ3) is 8.52. The Hall–Kier alpha value is -0.870. The van der Waals surface area contributed by atoms with Crippen LogP contribution in [0.3, 0.4) is 0 Å². The minimum absolute atomic E-state index is 0.123. The summed E-state index contributed by atoms with van der Waals surface area (Å²) < 4.78 is 33.0. The summed E-state index contributed by atoms with van der Waals surface area (Å²) in [6.07, 6.45) is 14.0. The molecule has 0 aromatic heterocycles. The highest BCUT2D eigenvalue weighted by atomic mass is 32.2. The molecule has 23 heavy (non-hydrogen) atoms. The molecule has 0 bridgehead atoms. The smallest absolute Gasteiger partial charge is 0.124 e. The largest absolute Gasteiger partial charge is 0.744 e. The van der Waals surface area contributed by atoms with Crippen molar-refractivity contribution in [3.63, 3.8) is 0 Å². The Morgan fingerprint density at radius 1 is 0.870 bits per heavy atom. The molecule has 0 atom stereocenters. The fourth-order valence-electron chi connectivity index (χ4n) is 2.91. The summed E-state index contributed by atoms with van der Waals surface area (Å²) in [7, 11) is -4.34. The highest BCUT2D eigenvalue weighted by Gasteiger charge is 2.05. The Morgan fingerprint density at radius 3 is 1.87 bits per heavy atom. The maximum absolute atomic E-state index is 11.0. The number of benzene rings is 1. The molecule has 0 amide bonds. The lowest BCUT2D eigenvalue weighted by Crippen LogP contribution is -2.00. The molecule has 1 aromatic carbocycles. The highest BCUT2D eigenvalue weighted by molar-refractivity contribution is 7.85. The summed E-state index contributed by atoms with van der Waals surface area (Å²) >= 11 is 0. The van der Waals surface area contributed by atoms with Crippen LogP contribution in [-0.4, -0.2) is 13.0 Å². The molecule has 0 radical (unpaired) electrons. The highest BCUT2D eigenvalue weighted by Crippen LogP contribution is 2.18. The fourth-order valence-corrected chi connectivity index (χ4v) is 3.46. The summed E-state index contributed by atoms with van der Waals surface area (Å²) in [6, 6.07) is 4.71. The van der Waals surface area contributed by atoms with E-state index < -0.39 is 10.1 Å². The van der Waals surface area contributed by atoms with E-state index in [0.717, 1.165) is 24.0 Å². The van der Waals surface area contributed by atoms with Gasteiger partial charge in [0.15, 0.2) is 0 Å². The van der Waals surface area contributed by atoms with E-state index in [0.29, 0.717) is 0 Å². The molecular weight excluding hydrogens is 308 g/mol. The van der Waals surface area contributed by atoms with Gasteiger partial charge in [0, 0.05) is 0 Å². The molecule has 0 spiro atoms. The van der Waals surface area contributed by atoms with Crippen LogP contribution in [0, 0.1) is 6.92 Å². The van der Waals surface area contributed by atoms with Crippen LogP contribution in [0.5, 0.6) is 0 Å². The van der Waals surface area contributed by atoms with Crippen molar-refractivity contribution in [3.05, 3.63) is 29.3 Å². The van der Waals surface area contributed by atoms with Crippen molar-refractivity contribution >= 4 is 10.1 Å². The molecular formula is C19H31O3S-. The van der Waals surface area contributed by atoms with Gasteiger partial charge in [-0.25, -0.2) is 8.42 Å². The average Bonchev–Trinajstić information content (AvgIpc) is 2.49. The van der Waals surface area contributed by atoms with Crippen LogP contribution >= 0.6 is 0 Å². The van der Waals surface area contributed by atoms with Crippen LogP contribution in [-0.2, 0) is 16.5 Å². The molecule has 0 aliphatic heterocycles. The number of aryl methyl sites for hydroxylation is 2. The molecule has 1 aromatic rings. The lowest BCUT2D eigenvalue weighted by Gasteiger charge is -2.11. The summed E-state index contributed by atoms with van der Waals surface area (Å²) in [6.45, 7) is 4.12. The van der Waals surface area contributed by atoms with Crippen LogP contribution < -0.4 is 0 Å². The molecule has 0 heterocycles. The molecule has 0 N–H and O–H groups in total. The molecule has 0 unspecified atom stereocenters. The first-order valence-corrected chi connectivity index (χ1v) is 10.4. The van der Waals surface area contributed by atoms with E-state index in [2.05, 4.69) is 6.92 Å². The Kier molecular flexibility index (Phi) is 9.49. The second kappa shape index (κ2) is 10.8. The van der Waals surface area contributed by atoms with Gasteiger partial charge in [-0.3, -0.25) is 0 Å². The molecule has 3 nitrogen and oxygen atoms in total. The molecule has 0 aliphatic rings. The summed E-state index contributed by atoms with van der Waals surface area (Å²) in [5.74, 6) is 0.